The van der Waals surface area contributed by atoms with Gasteiger partial charge in [-0.2, -0.15) is 0 Å². The minimum atomic E-state index is -0.539. The van der Waals surface area contributed by atoms with Crippen LogP contribution >= 0.6 is 15.9 Å². The maximum Gasteiger partial charge on any atom is 0.127 e. The summed E-state index contributed by atoms with van der Waals surface area (Å²) < 4.78 is 14.1. The topological polar surface area (TPSA) is 52.5 Å². The summed E-state index contributed by atoms with van der Waals surface area (Å²) in [7, 11) is 0. The highest BCUT2D eigenvalue weighted by atomic mass is 79.9. The van der Waals surface area contributed by atoms with Crippen molar-refractivity contribution in [3.05, 3.63) is 58.3 Å². The van der Waals surface area contributed by atoms with E-state index < -0.39 is 11.9 Å². The zero-order valence-electron chi connectivity index (χ0n) is 9.98. The fraction of sp³-hybridized carbons (Fsp3) is 0.143. The zero-order valence-corrected chi connectivity index (χ0v) is 11.6. The van der Waals surface area contributed by atoms with Gasteiger partial charge in [0.05, 0.1) is 12.6 Å². The molecule has 0 fully saturated rings. The van der Waals surface area contributed by atoms with Crippen molar-refractivity contribution in [1.29, 1.82) is 0 Å². The van der Waals surface area contributed by atoms with E-state index in [4.69, 9.17) is 0 Å². The molecule has 0 spiro atoms. The summed E-state index contributed by atoms with van der Waals surface area (Å²) in [5.74, 6) is -0.704. The van der Waals surface area contributed by atoms with Crippen LogP contribution in [-0.2, 0) is 0 Å². The predicted octanol–water partition coefficient (Wildman–Crippen LogP) is 3.44. The minimum absolute atomic E-state index is 0.164. The number of rotatable bonds is 4. The fourth-order valence-electron chi connectivity index (χ4n) is 1.80. The Bertz CT molecular complexity index is 557. The first kappa shape index (κ1) is 13.8. The van der Waals surface area contributed by atoms with Gasteiger partial charge in [-0.15, -0.1) is 0 Å². The maximum atomic E-state index is 13.3. The molecule has 0 aromatic heterocycles. The number of aromatic hydroxyl groups is 1. The number of benzene rings is 2. The first-order valence-electron chi connectivity index (χ1n) is 5.71. The molecule has 2 rings (SSSR count). The molecular weight excluding hydrogens is 313 g/mol. The average Bonchev–Trinajstić information content (AvgIpc) is 2.36. The molecule has 0 saturated carbocycles. The third-order valence-electron chi connectivity index (χ3n) is 2.69. The second-order valence-electron chi connectivity index (χ2n) is 4.10. The zero-order chi connectivity index (χ0) is 13.8. The number of phenolic OH excluding ortho intramolecular Hbond substituents is 1. The van der Waals surface area contributed by atoms with Crippen molar-refractivity contribution in [3.8, 4) is 5.75 Å². The highest BCUT2D eigenvalue weighted by molar-refractivity contribution is 9.10. The highest BCUT2D eigenvalue weighted by Crippen LogP contribution is 2.28. The molecule has 0 saturated heterocycles. The SMILES string of the molecule is OCC(Nc1ccccc1Br)c1cc(O)cc(F)c1. The van der Waals surface area contributed by atoms with Crippen molar-refractivity contribution in [2.75, 3.05) is 11.9 Å². The Morgan fingerprint density at radius 2 is 1.95 bits per heavy atom. The lowest BCUT2D eigenvalue weighted by atomic mass is 10.1. The Morgan fingerprint density at radius 1 is 1.21 bits per heavy atom. The third kappa shape index (κ3) is 3.45. The summed E-state index contributed by atoms with van der Waals surface area (Å²) in [6.45, 7) is -0.218. The van der Waals surface area contributed by atoms with Crippen molar-refractivity contribution in [2.24, 2.45) is 0 Å². The summed E-state index contributed by atoms with van der Waals surface area (Å²) in [6.07, 6.45) is 0. The number of phenols is 1. The Hall–Kier alpha value is -1.59. The number of aliphatic hydroxyl groups excluding tert-OH is 1. The molecule has 0 aliphatic rings. The lowest BCUT2D eigenvalue weighted by Gasteiger charge is -2.19. The number of anilines is 1. The summed E-state index contributed by atoms with van der Waals surface area (Å²) in [6, 6.07) is 10.7. The largest absolute Gasteiger partial charge is 0.508 e. The van der Waals surface area contributed by atoms with Gasteiger partial charge >= 0.3 is 0 Å². The van der Waals surface area contributed by atoms with Gasteiger partial charge in [-0.1, -0.05) is 12.1 Å². The maximum absolute atomic E-state index is 13.3. The van der Waals surface area contributed by atoms with Gasteiger partial charge in [0.15, 0.2) is 0 Å². The molecule has 0 bridgehead atoms. The molecule has 0 radical (unpaired) electrons. The van der Waals surface area contributed by atoms with Crippen LogP contribution in [0.1, 0.15) is 11.6 Å². The van der Waals surface area contributed by atoms with Gasteiger partial charge in [0.2, 0.25) is 0 Å². The monoisotopic (exact) mass is 325 g/mol. The summed E-state index contributed by atoms with van der Waals surface area (Å²) in [5, 5.41) is 21.9. The molecule has 5 heteroatoms. The lowest BCUT2D eigenvalue weighted by molar-refractivity contribution is 0.276. The number of aliphatic hydroxyl groups is 1. The van der Waals surface area contributed by atoms with Crippen LogP contribution in [0.4, 0.5) is 10.1 Å². The highest BCUT2D eigenvalue weighted by Gasteiger charge is 2.13. The van der Waals surface area contributed by atoms with Crippen LogP contribution in [0.3, 0.4) is 0 Å². The molecule has 100 valence electrons. The fourth-order valence-corrected chi connectivity index (χ4v) is 2.20. The van der Waals surface area contributed by atoms with Crippen molar-refractivity contribution >= 4 is 21.6 Å². The predicted molar refractivity (Wildman–Crippen MR) is 75.7 cm³/mol. The molecule has 19 heavy (non-hydrogen) atoms. The van der Waals surface area contributed by atoms with Gasteiger partial charge in [0.25, 0.3) is 0 Å². The lowest BCUT2D eigenvalue weighted by Crippen LogP contribution is -2.15. The Morgan fingerprint density at radius 3 is 2.58 bits per heavy atom. The Kier molecular flexibility index (Phi) is 4.39. The number of halogens is 2. The smallest absolute Gasteiger partial charge is 0.127 e. The standard InChI is InChI=1S/C14H13BrFNO2/c15-12-3-1-2-4-13(12)17-14(8-18)9-5-10(16)7-11(19)6-9/h1-7,14,17-19H,8H2. The van der Waals surface area contributed by atoms with Crippen molar-refractivity contribution in [1.82, 2.24) is 0 Å². The van der Waals surface area contributed by atoms with Crippen molar-refractivity contribution < 1.29 is 14.6 Å². The second-order valence-corrected chi connectivity index (χ2v) is 4.96. The van der Waals surface area contributed by atoms with E-state index in [9.17, 15) is 14.6 Å². The number of para-hydroxylation sites is 1. The van der Waals surface area contributed by atoms with Gasteiger partial charge in [0.1, 0.15) is 11.6 Å². The first-order chi connectivity index (χ1) is 9.10. The van der Waals surface area contributed by atoms with Gasteiger partial charge in [0, 0.05) is 16.2 Å². The van der Waals surface area contributed by atoms with E-state index in [1.165, 1.54) is 12.1 Å². The van der Waals surface area contributed by atoms with Crippen molar-refractivity contribution in [3.63, 3.8) is 0 Å². The van der Waals surface area contributed by atoms with E-state index in [1.54, 1.807) is 0 Å². The van der Waals surface area contributed by atoms with Crippen LogP contribution in [0.2, 0.25) is 0 Å². The first-order valence-corrected chi connectivity index (χ1v) is 6.51. The summed E-state index contributed by atoms with van der Waals surface area (Å²) >= 11 is 3.39. The van der Waals surface area contributed by atoms with Gasteiger partial charge in [-0.05, 0) is 45.8 Å². The molecule has 0 aliphatic heterocycles. The molecule has 2 aromatic rings. The second kappa shape index (κ2) is 6.04. The van der Waals surface area contributed by atoms with Gasteiger partial charge in [-0.25, -0.2) is 4.39 Å². The van der Waals surface area contributed by atoms with Crippen LogP contribution < -0.4 is 5.32 Å². The molecule has 3 N–H and O–H groups in total. The van der Waals surface area contributed by atoms with Crippen LogP contribution in [0, 0.1) is 5.82 Å². The van der Waals surface area contributed by atoms with Gasteiger partial charge in [-0.3, -0.25) is 0 Å². The summed E-state index contributed by atoms with van der Waals surface area (Å²) in [4.78, 5) is 0. The molecular formula is C14H13BrFNO2. The van der Waals surface area contributed by atoms with E-state index >= 15 is 0 Å². The normalized spacial score (nSPS) is 12.2. The average molecular weight is 326 g/mol. The van der Waals surface area contributed by atoms with Crippen LogP contribution in [0.15, 0.2) is 46.9 Å². The van der Waals surface area contributed by atoms with Crippen LogP contribution in [0.25, 0.3) is 0 Å². The number of hydrogen-bond donors (Lipinski definition) is 3. The Labute approximate surface area is 118 Å². The quantitative estimate of drug-likeness (QED) is 0.807. The van der Waals surface area contributed by atoms with Gasteiger partial charge < -0.3 is 15.5 Å². The molecule has 0 heterocycles. The third-order valence-corrected chi connectivity index (χ3v) is 3.38. The molecule has 3 nitrogen and oxygen atoms in total. The number of nitrogens with one attached hydrogen (secondary N) is 1. The van der Waals surface area contributed by atoms with Crippen LogP contribution in [-0.4, -0.2) is 16.8 Å². The van der Waals surface area contributed by atoms with E-state index in [1.807, 2.05) is 24.3 Å². The van der Waals surface area contributed by atoms with E-state index in [-0.39, 0.29) is 12.4 Å². The minimum Gasteiger partial charge on any atom is -0.508 e. The van der Waals surface area contributed by atoms with E-state index in [2.05, 4.69) is 21.2 Å². The molecule has 2 aromatic carbocycles. The molecule has 0 aliphatic carbocycles. The number of hydrogen-bond acceptors (Lipinski definition) is 3. The van der Waals surface area contributed by atoms with Crippen molar-refractivity contribution in [2.45, 2.75) is 6.04 Å². The van der Waals surface area contributed by atoms with E-state index in [0.717, 1.165) is 16.2 Å². The van der Waals surface area contributed by atoms with Crippen LogP contribution in [0.5, 0.6) is 5.75 Å². The Balaban J connectivity index is 2.28. The molecule has 1 unspecified atom stereocenters. The van der Waals surface area contributed by atoms with E-state index in [0.29, 0.717) is 5.56 Å². The summed E-state index contributed by atoms with van der Waals surface area (Å²) in [5.41, 5.74) is 1.26. The molecule has 0 amide bonds. The molecule has 1 atom stereocenters.